The van der Waals surface area contributed by atoms with E-state index in [1.165, 1.54) is 0 Å². The summed E-state index contributed by atoms with van der Waals surface area (Å²) in [5.74, 6) is -1.60. The van der Waals surface area contributed by atoms with Crippen LogP contribution >= 0.6 is 0 Å². The average molecular weight is 219 g/mol. The summed E-state index contributed by atoms with van der Waals surface area (Å²) in [4.78, 5) is 29.0. The average Bonchev–Trinajstić information content (AvgIpc) is 2.69. The maximum absolute atomic E-state index is 11.2. The molecule has 2 rings (SSSR count). The lowest BCUT2D eigenvalue weighted by molar-refractivity contribution is -0.150. The molecule has 0 unspecified atom stereocenters. The number of amides is 1. The third kappa shape index (κ3) is 1.85. The number of nitrogens with one attached hydrogen (secondary N) is 2. The largest absolute Gasteiger partial charge is 0.462 e. The van der Waals surface area contributed by atoms with Gasteiger partial charge in [-0.3, -0.25) is 10.1 Å². The summed E-state index contributed by atoms with van der Waals surface area (Å²) < 4.78 is 4.27. The number of aromatic nitrogens is 2. The summed E-state index contributed by atoms with van der Waals surface area (Å²) in [6.45, 7) is 0. The minimum absolute atomic E-state index is 0.219. The third-order valence-corrected chi connectivity index (χ3v) is 1.99. The number of hydrogen-bond donors (Lipinski definition) is 2. The Labute approximate surface area is 90.6 Å². The molecule has 0 aliphatic carbocycles. The molecule has 6 heteroatoms. The number of H-pyrrole nitrogens is 1. The number of rotatable bonds is 1. The van der Waals surface area contributed by atoms with Gasteiger partial charge in [0.2, 0.25) is 5.95 Å². The minimum atomic E-state index is -0.958. The molecule has 0 saturated carbocycles. The first-order valence-corrected chi connectivity index (χ1v) is 4.55. The van der Waals surface area contributed by atoms with Crippen molar-refractivity contribution >= 4 is 28.9 Å². The number of para-hydroxylation sites is 2. The van der Waals surface area contributed by atoms with Gasteiger partial charge in [-0.05, 0) is 12.1 Å². The predicted octanol–water partition coefficient (Wildman–Crippen LogP) is 0.674. The molecule has 1 aromatic heterocycles. The van der Waals surface area contributed by atoms with Crippen molar-refractivity contribution in [3.63, 3.8) is 0 Å². The highest BCUT2D eigenvalue weighted by molar-refractivity contribution is 6.37. The lowest BCUT2D eigenvalue weighted by Gasteiger charge is -1.97. The van der Waals surface area contributed by atoms with Crippen molar-refractivity contribution in [2.75, 3.05) is 12.4 Å². The van der Waals surface area contributed by atoms with E-state index >= 15 is 0 Å². The highest BCUT2D eigenvalue weighted by Crippen LogP contribution is 2.12. The van der Waals surface area contributed by atoms with Crippen LogP contribution in [0.5, 0.6) is 0 Å². The first-order chi connectivity index (χ1) is 7.70. The highest BCUT2D eigenvalue weighted by atomic mass is 16.5. The van der Waals surface area contributed by atoms with Crippen molar-refractivity contribution < 1.29 is 14.3 Å². The van der Waals surface area contributed by atoms with Crippen LogP contribution in [0.1, 0.15) is 0 Å². The number of fused-ring (bicyclic) bond motifs is 1. The molecule has 2 N–H and O–H groups in total. The number of aromatic amines is 1. The number of imidazole rings is 1. The van der Waals surface area contributed by atoms with Crippen LogP contribution in [-0.4, -0.2) is 29.0 Å². The molecule has 1 amide bonds. The summed E-state index contributed by atoms with van der Waals surface area (Å²) >= 11 is 0. The van der Waals surface area contributed by atoms with E-state index in [9.17, 15) is 9.59 Å². The Balaban J connectivity index is 2.22. The van der Waals surface area contributed by atoms with Crippen LogP contribution in [-0.2, 0) is 14.3 Å². The van der Waals surface area contributed by atoms with Gasteiger partial charge in [-0.25, -0.2) is 9.78 Å². The number of carbonyl (C=O) groups is 2. The fourth-order valence-electron chi connectivity index (χ4n) is 1.26. The third-order valence-electron chi connectivity index (χ3n) is 1.99. The van der Waals surface area contributed by atoms with E-state index in [0.717, 1.165) is 12.6 Å². The molecule has 82 valence electrons. The zero-order chi connectivity index (χ0) is 11.5. The summed E-state index contributed by atoms with van der Waals surface area (Å²) in [7, 11) is 1.14. The van der Waals surface area contributed by atoms with E-state index in [1.807, 2.05) is 18.2 Å². The van der Waals surface area contributed by atoms with Gasteiger partial charge >= 0.3 is 11.9 Å². The van der Waals surface area contributed by atoms with E-state index < -0.39 is 11.9 Å². The lowest BCUT2D eigenvalue weighted by Crippen LogP contribution is -2.24. The first kappa shape index (κ1) is 10.2. The fraction of sp³-hybridized carbons (Fsp3) is 0.100. The normalized spacial score (nSPS) is 10.1. The molecule has 6 nitrogen and oxygen atoms in total. The number of ether oxygens (including phenoxy) is 1. The van der Waals surface area contributed by atoms with Gasteiger partial charge in [0, 0.05) is 0 Å². The molecule has 0 aliphatic rings. The Kier molecular flexibility index (Phi) is 2.55. The van der Waals surface area contributed by atoms with Crippen LogP contribution in [0.4, 0.5) is 5.95 Å². The van der Waals surface area contributed by atoms with Gasteiger partial charge in [-0.2, -0.15) is 0 Å². The molecule has 0 spiro atoms. The topological polar surface area (TPSA) is 84.1 Å². The Morgan fingerprint density at radius 1 is 1.38 bits per heavy atom. The Morgan fingerprint density at radius 2 is 2.12 bits per heavy atom. The number of nitrogens with zero attached hydrogens (tertiary/aromatic N) is 1. The summed E-state index contributed by atoms with van der Waals surface area (Å²) in [5, 5.41) is 2.30. The zero-order valence-electron chi connectivity index (χ0n) is 8.48. The molecular formula is C10H9N3O3. The van der Waals surface area contributed by atoms with E-state index in [2.05, 4.69) is 20.0 Å². The summed E-state index contributed by atoms with van der Waals surface area (Å²) in [6, 6.07) is 7.28. The van der Waals surface area contributed by atoms with Gasteiger partial charge in [0.05, 0.1) is 18.1 Å². The van der Waals surface area contributed by atoms with Crippen molar-refractivity contribution in [3.05, 3.63) is 24.3 Å². The van der Waals surface area contributed by atoms with Gasteiger partial charge in [0.25, 0.3) is 0 Å². The molecule has 16 heavy (non-hydrogen) atoms. The SMILES string of the molecule is COC(=O)C(=O)Nc1nc2ccccc2[nH]1. The second-order valence-corrected chi connectivity index (χ2v) is 3.05. The maximum atomic E-state index is 11.2. The van der Waals surface area contributed by atoms with Crippen LogP contribution in [0.2, 0.25) is 0 Å². The van der Waals surface area contributed by atoms with Gasteiger partial charge in [0.15, 0.2) is 0 Å². The zero-order valence-corrected chi connectivity index (χ0v) is 8.48. The van der Waals surface area contributed by atoms with Gasteiger partial charge < -0.3 is 9.72 Å². The molecule has 1 aromatic carbocycles. The number of carbonyl (C=O) groups excluding carboxylic acids is 2. The minimum Gasteiger partial charge on any atom is -0.462 e. The van der Waals surface area contributed by atoms with Crippen LogP contribution in [0.15, 0.2) is 24.3 Å². The first-order valence-electron chi connectivity index (χ1n) is 4.55. The van der Waals surface area contributed by atoms with Gasteiger partial charge in [-0.15, -0.1) is 0 Å². The van der Waals surface area contributed by atoms with Crippen molar-refractivity contribution in [3.8, 4) is 0 Å². The fourth-order valence-corrected chi connectivity index (χ4v) is 1.26. The van der Waals surface area contributed by atoms with E-state index in [1.54, 1.807) is 6.07 Å². The van der Waals surface area contributed by atoms with Crippen molar-refractivity contribution in [1.82, 2.24) is 9.97 Å². The predicted molar refractivity (Wildman–Crippen MR) is 56.7 cm³/mol. The standard InChI is InChI=1S/C10H9N3O3/c1-16-9(15)8(14)13-10-11-6-4-2-3-5-7(6)12-10/h2-5H,1H3,(H2,11,12,13,14). The Hall–Kier alpha value is -2.37. The monoisotopic (exact) mass is 219 g/mol. The number of methoxy groups -OCH3 is 1. The lowest BCUT2D eigenvalue weighted by atomic mass is 10.3. The molecular weight excluding hydrogens is 210 g/mol. The number of anilines is 1. The smallest absolute Gasteiger partial charge is 0.396 e. The molecule has 0 radical (unpaired) electrons. The van der Waals surface area contributed by atoms with Crippen molar-refractivity contribution in [1.29, 1.82) is 0 Å². The second kappa shape index (κ2) is 4.01. The molecule has 0 aliphatic heterocycles. The van der Waals surface area contributed by atoms with Crippen LogP contribution < -0.4 is 5.32 Å². The molecule has 0 bridgehead atoms. The van der Waals surface area contributed by atoms with Crippen molar-refractivity contribution in [2.24, 2.45) is 0 Å². The highest BCUT2D eigenvalue weighted by Gasteiger charge is 2.15. The van der Waals surface area contributed by atoms with Crippen molar-refractivity contribution in [2.45, 2.75) is 0 Å². The van der Waals surface area contributed by atoms with Crippen LogP contribution in [0, 0.1) is 0 Å². The second-order valence-electron chi connectivity index (χ2n) is 3.05. The quantitative estimate of drug-likeness (QED) is 0.545. The Bertz CT molecular complexity index is 514. The number of hydrogen-bond acceptors (Lipinski definition) is 4. The maximum Gasteiger partial charge on any atom is 0.396 e. The van der Waals surface area contributed by atoms with E-state index in [4.69, 9.17) is 0 Å². The van der Waals surface area contributed by atoms with Gasteiger partial charge in [0.1, 0.15) is 0 Å². The Morgan fingerprint density at radius 3 is 2.81 bits per heavy atom. The van der Waals surface area contributed by atoms with E-state index in [-0.39, 0.29) is 5.95 Å². The van der Waals surface area contributed by atoms with Gasteiger partial charge in [-0.1, -0.05) is 12.1 Å². The summed E-state index contributed by atoms with van der Waals surface area (Å²) in [6.07, 6.45) is 0. The van der Waals surface area contributed by atoms with Crippen LogP contribution in [0.25, 0.3) is 11.0 Å². The molecule has 0 fully saturated rings. The molecule has 0 saturated heterocycles. The summed E-state index contributed by atoms with van der Waals surface area (Å²) in [5.41, 5.74) is 1.49. The molecule has 1 heterocycles. The number of benzene rings is 1. The van der Waals surface area contributed by atoms with E-state index in [0.29, 0.717) is 5.52 Å². The number of esters is 1. The van der Waals surface area contributed by atoms with Crippen LogP contribution in [0.3, 0.4) is 0 Å². The molecule has 2 aromatic rings. The molecule has 0 atom stereocenters.